The Kier molecular flexibility index (Phi) is 2.09. The predicted molar refractivity (Wildman–Crippen MR) is 50.1 cm³/mol. The summed E-state index contributed by atoms with van der Waals surface area (Å²) in [6.07, 6.45) is -0.165. The van der Waals surface area contributed by atoms with E-state index in [1.165, 1.54) is 24.3 Å². The lowest BCUT2D eigenvalue weighted by atomic mass is 10.1. The number of primary sulfonamides is 1. The van der Waals surface area contributed by atoms with Crippen molar-refractivity contribution in [2.75, 3.05) is 0 Å². The van der Waals surface area contributed by atoms with Crippen LogP contribution in [0.5, 0.6) is 0 Å². The minimum atomic E-state index is -3.74. The van der Waals surface area contributed by atoms with Crippen LogP contribution in [0.1, 0.15) is 17.9 Å². The molecule has 1 aliphatic carbocycles. The molecule has 2 N–H and O–H groups in total. The molecule has 0 heterocycles. The highest BCUT2D eigenvalue weighted by Gasteiger charge is 2.57. The van der Waals surface area contributed by atoms with Gasteiger partial charge in [0.2, 0.25) is 10.0 Å². The summed E-state index contributed by atoms with van der Waals surface area (Å²) in [6, 6.07) is 5.26. The van der Waals surface area contributed by atoms with Crippen LogP contribution in [0.15, 0.2) is 29.2 Å². The molecule has 1 saturated carbocycles. The lowest BCUT2D eigenvalue weighted by Gasteiger charge is -2.01. The Labute approximate surface area is 86.0 Å². The first kappa shape index (κ1) is 10.5. The van der Waals surface area contributed by atoms with Gasteiger partial charge in [-0.2, -0.15) is 0 Å². The fourth-order valence-corrected chi connectivity index (χ4v) is 1.98. The molecule has 82 valence electrons. The normalized spacial score (nSPS) is 23.8. The molecule has 0 aromatic heterocycles. The van der Waals surface area contributed by atoms with Crippen molar-refractivity contribution >= 4 is 10.0 Å². The topological polar surface area (TPSA) is 60.2 Å². The van der Waals surface area contributed by atoms with Crippen molar-refractivity contribution < 1.29 is 17.2 Å². The Morgan fingerprint density at radius 3 is 2.07 bits per heavy atom. The maximum Gasteiger partial charge on any atom is 0.255 e. The summed E-state index contributed by atoms with van der Waals surface area (Å²) < 4.78 is 47.1. The molecule has 6 heteroatoms. The van der Waals surface area contributed by atoms with Crippen LogP contribution in [-0.2, 0) is 10.0 Å². The Balaban J connectivity index is 2.27. The third kappa shape index (κ3) is 2.00. The van der Waals surface area contributed by atoms with Crippen LogP contribution < -0.4 is 5.14 Å². The average Bonchev–Trinajstić information content (AvgIpc) is 2.74. The predicted octanol–water partition coefficient (Wildman–Crippen LogP) is 1.46. The van der Waals surface area contributed by atoms with E-state index in [4.69, 9.17) is 5.14 Å². The summed E-state index contributed by atoms with van der Waals surface area (Å²) in [5, 5.41) is 4.88. The first-order chi connectivity index (χ1) is 6.81. The number of nitrogens with two attached hydrogens (primary N) is 1. The van der Waals surface area contributed by atoms with Gasteiger partial charge < -0.3 is 0 Å². The van der Waals surface area contributed by atoms with Gasteiger partial charge in [0.05, 0.1) is 10.8 Å². The fourth-order valence-electron chi connectivity index (χ4n) is 1.46. The van der Waals surface area contributed by atoms with Crippen molar-refractivity contribution in [1.29, 1.82) is 0 Å². The largest absolute Gasteiger partial charge is 0.255 e. The summed E-state index contributed by atoms with van der Waals surface area (Å²) in [5.74, 6) is -3.41. The zero-order valence-electron chi connectivity index (χ0n) is 7.65. The van der Waals surface area contributed by atoms with Crippen molar-refractivity contribution in [3.05, 3.63) is 29.8 Å². The van der Waals surface area contributed by atoms with Crippen molar-refractivity contribution in [3.63, 3.8) is 0 Å². The number of hydrogen-bond acceptors (Lipinski definition) is 2. The van der Waals surface area contributed by atoms with Crippen LogP contribution in [0, 0.1) is 0 Å². The van der Waals surface area contributed by atoms with Gasteiger partial charge in [0.1, 0.15) is 0 Å². The second kappa shape index (κ2) is 2.99. The molecule has 1 aliphatic rings. The van der Waals surface area contributed by atoms with Gasteiger partial charge in [0, 0.05) is 6.42 Å². The number of rotatable bonds is 2. The molecule has 1 atom stereocenters. The third-order valence-electron chi connectivity index (χ3n) is 2.44. The minimum absolute atomic E-state index is 0.0600. The molecule has 0 spiro atoms. The molecule has 0 radical (unpaired) electrons. The number of sulfonamides is 1. The molecule has 0 aliphatic heterocycles. The first-order valence-electron chi connectivity index (χ1n) is 4.31. The van der Waals surface area contributed by atoms with Crippen LogP contribution in [-0.4, -0.2) is 14.3 Å². The van der Waals surface area contributed by atoms with Gasteiger partial charge in [0.25, 0.3) is 5.92 Å². The molecule has 0 saturated heterocycles. The summed E-state index contributed by atoms with van der Waals surface area (Å²) in [7, 11) is -3.74. The van der Waals surface area contributed by atoms with Gasteiger partial charge in [-0.1, -0.05) is 12.1 Å². The van der Waals surface area contributed by atoms with Gasteiger partial charge in [-0.15, -0.1) is 0 Å². The van der Waals surface area contributed by atoms with E-state index < -0.39 is 21.9 Å². The summed E-state index contributed by atoms with van der Waals surface area (Å²) >= 11 is 0. The smallest absolute Gasteiger partial charge is 0.225 e. The van der Waals surface area contributed by atoms with E-state index in [9.17, 15) is 17.2 Å². The molecule has 1 aromatic carbocycles. The minimum Gasteiger partial charge on any atom is -0.225 e. The molecular weight excluding hydrogens is 224 g/mol. The van der Waals surface area contributed by atoms with Crippen molar-refractivity contribution in [2.24, 2.45) is 5.14 Å². The van der Waals surface area contributed by atoms with E-state index in [1.54, 1.807) is 0 Å². The fraction of sp³-hybridized carbons (Fsp3) is 0.333. The molecule has 1 aromatic rings. The van der Waals surface area contributed by atoms with Crippen LogP contribution >= 0.6 is 0 Å². The second-order valence-corrected chi connectivity index (χ2v) is 5.19. The zero-order chi connectivity index (χ0) is 11.3. The molecule has 15 heavy (non-hydrogen) atoms. The standard InChI is InChI=1S/C9H9F2NO2S/c10-9(11)5-8(9)6-1-3-7(4-2-6)15(12,13)14/h1-4,8H,5H2,(H2,12,13,14). The van der Waals surface area contributed by atoms with E-state index in [1.807, 2.05) is 0 Å². The van der Waals surface area contributed by atoms with Crippen LogP contribution in [0.2, 0.25) is 0 Å². The lowest BCUT2D eigenvalue weighted by Crippen LogP contribution is -2.11. The molecule has 0 amide bonds. The Morgan fingerprint density at radius 2 is 1.73 bits per heavy atom. The number of hydrogen-bond donors (Lipinski definition) is 1. The van der Waals surface area contributed by atoms with Gasteiger partial charge in [0.15, 0.2) is 0 Å². The van der Waals surface area contributed by atoms with Crippen molar-refractivity contribution in [3.8, 4) is 0 Å². The van der Waals surface area contributed by atoms with Crippen molar-refractivity contribution in [2.45, 2.75) is 23.2 Å². The number of halogens is 2. The Bertz CT molecular complexity index is 481. The van der Waals surface area contributed by atoms with Gasteiger partial charge >= 0.3 is 0 Å². The van der Waals surface area contributed by atoms with Crippen LogP contribution in [0.4, 0.5) is 8.78 Å². The van der Waals surface area contributed by atoms with Crippen LogP contribution in [0.25, 0.3) is 0 Å². The monoisotopic (exact) mass is 233 g/mol. The second-order valence-electron chi connectivity index (χ2n) is 3.63. The maximum atomic E-state index is 12.7. The molecule has 0 bridgehead atoms. The molecule has 1 unspecified atom stereocenters. The van der Waals surface area contributed by atoms with Gasteiger partial charge in [-0.25, -0.2) is 22.3 Å². The van der Waals surface area contributed by atoms with Crippen LogP contribution in [0.3, 0.4) is 0 Å². The Morgan fingerprint density at radius 1 is 1.27 bits per heavy atom. The SMILES string of the molecule is NS(=O)(=O)c1ccc(C2CC2(F)F)cc1. The summed E-state index contributed by atoms with van der Waals surface area (Å²) in [4.78, 5) is -0.0600. The lowest BCUT2D eigenvalue weighted by molar-refractivity contribution is 0.112. The van der Waals surface area contributed by atoms with Gasteiger partial charge in [-0.05, 0) is 17.7 Å². The highest BCUT2D eigenvalue weighted by atomic mass is 32.2. The van der Waals surface area contributed by atoms with E-state index >= 15 is 0 Å². The molecule has 2 rings (SSSR count). The maximum absolute atomic E-state index is 12.7. The number of alkyl halides is 2. The highest BCUT2D eigenvalue weighted by molar-refractivity contribution is 7.89. The molecule has 3 nitrogen and oxygen atoms in total. The van der Waals surface area contributed by atoms with Gasteiger partial charge in [-0.3, -0.25) is 0 Å². The quantitative estimate of drug-likeness (QED) is 0.840. The van der Waals surface area contributed by atoms with E-state index in [-0.39, 0.29) is 11.3 Å². The summed E-state index contributed by atoms with van der Waals surface area (Å²) in [6.45, 7) is 0. The Hall–Kier alpha value is -1.01. The van der Waals surface area contributed by atoms with E-state index in [0.29, 0.717) is 5.56 Å². The average molecular weight is 233 g/mol. The third-order valence-corrected chi connectivity index (χ3v) is 3.37. The number of benzene rings is 1. The molecular formula is C9H9F2NO2S. The van der Waals surface area contributed by atoms with E-state index in [0.717, 1.165) is 0 Å². The zero-order valence-corrected chi connectivity index (χ0v) is 8.47. The highest BCUT2D eigenvalue weighted by Crippen LogP contribution is 2.55. The summed E-state index contributed by atoms with van der Waals surface area (Å²) in [5.41, 5.74) is 0.451. The van der Waals surface area contributed by atoms with Crippen molar-refractivity contribution in [1.82, 2.24) is 0 Å². The molecule has 1 fully saturated rings. The first-order valence-corrected chi connectivity index (χ1v) is 5.86. The van der Waals surface area contributed by atoms with E-state index in [2.05, 4.69) is 0 Å².